The average Bonchev–Trinajstić information content (AvgIpc) is 2.70. The molecule has 0 saturated heterocycles. The summed E-state index contributed by atoms with van der Waals surface area (Å²) < 4.78 is 13.7. The van der Waals surface area contributed by atoms with Gasteiger partial charge in [-0.15, -0.1) is 0 Å². The van der Waals surface area contributed by atoms with Crippen LogP contribution in [0.4, 0.5) is 4.39 Å². The molecule has 92 valence electrons. The molecule has 3 rings (SSSR count). The fourth-order valence-electron chi connectivity index (χ4n) is 2.84. The van der Waals surface area contributed by atoms with E-state index in [1.165, 1.54) is 6.07 Å². The normalized spacial score (nSPS) is 21.9. The van der Waals surface area contributed by atoms with E-state index in [9.17, 15) is 9.50 Å². The van der Waals surface area contributed by atoms with Crippen LogP contribution < -0.4 is 0 Å². The van der Waals surface area contributed by atoms with Crippen LogP contribution in [0, 0.1) is 12.7 Å². The van der Waals surface area contributed by atoms with E-state index in [0.29, 0.717) is 24.0 Å². The fraction of sp³-hybridized carbons (Fsp3) is 0.250. The van der Waals surface area contributed by atoms with Crippen molar-refractivity contribution < 1.29 is 9.50 Å². The summed E-state index contributed by atoms with van der Waals surface area (Å²) in [7, 11) is 0. The lowest BCUT2D eigenvalue weighted by Crippen LogP contribution is -2.23. The molecule has 1 nitrogen and oxygen atoms in total. The van der Waals surface area contributed by atoms with Gasteiger partial charge >= 0.3 is 0 Å². The van der Waals surface area contributed by atoms with Crippen LogP contribution in [-0.4, -0.2) is 5.11 Å². The van der Waals surface area contributed by atoms with Crippen molar-refractivity contribution in [2.45, 2.75) is 25.4 Å². The third-order valence-electron chi connectivity index (χ3n) is 3.80. The third-order valence-corrected chi connectivity index (χ3v) is 3.80. The smallest absolute Gasteiger partial charge is 0.126 e. The Labute approximate surface area is 106 Å². The Bertz CT molecular complexity index is 606. The molecule has 0 amide bonds. The zero-order valence-corrected chi connectivity index (χ0v) is 10.3. The van der Waals surface area contributed by atoms with Crippen molar-refractivity contribution in [2.24, 2.45) is 0 Å². The number of rotatable bonds is 1. The maximum absolute atomic E-state index is 13.7. The van der Waals surface area contributed by atoms with Crippen LogP contribution in [0.5, 0.6) is 0 Å². The molecule has 0 aliphatic heterocycles. The van der Waals surface area contributed by atoms with Crippen LogP contribution in [0.25, 0.3) is 0 Å². The topological polar surface area (TPSA) is 20.2 Å². The first-order valence-electron chi connectivity index (χ1n) is 6.19. The lowest BCUT2D eigenvalue weighted by Gasteiger charge is -2.25. The van der Waals surface area contributed by atoms with Crippen molar-refractivity contribution in [1.82, 2.24) is 0 Å². The predicted octanol–water partition coefficient (Wildman–Crippen LogP) is 3.32. The van der Waals surface area contributed by atoms with Crippen molar-refractivity contribution in [1.29, 1.82) is 0 Å². The standard InChI is InChI=1S/C16H15FO/c1-11-4-2-5-12(10-11)16(18)9-8-13-14(16)6-3-7-15(13)17/h2-7,10,18H,8-9H2,1H3. The summed E-state index contributed by atoms with van der Waals surface area (Å²) in [6.45, 7) is 1.99. The summed E-state index contributed by atoms with van der Waals surface area (Å²) in [5.74, 6) is -0.212. The summed E-state index contributed by atoms with van der Waals surface area (Å²) in [5, 5.41) is 10.9. The highest BCUT2D eigenvalue weighted by molar-refractivity contribution is 5.46. The average molecular weight is 242 g/mol. The van der Waals surface area contributed by atoms with Crippen molar-refractivity contribution in [3.8, 4) is 0 Å². The Hall–Kier alpha value is -1.67. The molecule has 1 aliphatic carbocycles. The van der Waals surface area contributed by atoms with Crippen LogP contribution >= 0.6 is 0 Å². The Morgan fingerprint density at radius 1 is 1.17 bits per heavy atom. The Balaban J connectivity index is 2.17. The molecule has 2 aromatic carbocycles. The van der Waals surface area contributed by atoms with Gasteiger partial charge in [0.15, 0.2) is 0 Å². The third kappa shape index (κ3) is 1.57. The van der Waals surface area contributed by atoms with Crippen molar-refractivity contribution in [3.63, 3.8) is 0 Å². The van der Waals surface area contributed by atoms with Crippen molar-refractivity contribution >= 4 is 0 Å². The van der Waals surface area contributed by atoms with Gasteiger partial charge in [-0.25, -0.2) is 4.39 Å². The van der Waals surface area contributed by atoms with E-state index in [1.807, 2.05) is 37.3 Å². The van der Waals surface area contributed by atoms with Gasteiger partial charge in [0.2, 0.25) is 0 Å². The molecule has 0 radical (unpaired) electrons. The van der Waals surface area contributed by atoms with Gasteiger partial charge in [0.05, 0.1) is 0 Å². The lowest BCUT2D eigenvalue weighted by atomic mass is 9.87. The molecule has 0 saturated carbocycles. The lowest BCUT2D eigenvalue weighted by molar-refractivity contribution is 0.0828. The Morgan fingerprint density at radius 3 is 2.72 bits per heavy atom. The minimum absolute atomic E-state index is 0.212. The molecule has 0 heterocycles. The van der Waals surface area contributed by atoms with Crippen LogP contribution in [0.15, 0.2) is 42.5 Å². The van der Waals surface area contributed by atoms with Gasteiger partial charge in [-0.3, -0.25) is 0 Å². The molecule has 1 unspecified atom stereocenters. The maximum atomic E-state index is 13.7. The second-order valence-electron chi connectivity index (χ2n) is 5.00. The van der Waals surface area contributed by atoms with Gasteiger partial charge in [0, 0.05) is 0 Å². The van der Waals surface area contributed by atoms with Crippen molar-refractivity contribution in [3.05, 3.63) is 70.5 Å². The summed E-state index contributed by atoms with van der Waals surface area (Å²) in [4.78, 5) is 0. The molecule has 1 aliphatic rings. The second kappa shape index (κ2) is 3.92. The van der Waals surface area contributed by atoms with E-state index >= 15 is 0 Å². The maximum Gasteiger partial charge on any atom is 0.126 e. The molecule has 18 heavy (non-hydrogen) atoms. The van der Waals surface area contributed by atoms with E-state index in [2.05, 4.69) is 0 Å². The number of fused-ring (bicyclic) bond motifs is 1. The monoisotopic (exact) mass is 242 g/mol. The largest absolute Gasteiger partial charge is 0.380 e. The van der Waals surface area contributed by atoms with E-state index in [4.69, 9.17) is 0 Å². The van der Waals surface area contributed by atoms with Gasteiger partial charge in [-0.05, 0) is 42.5 Å². The van der Waals surface area contributed by atoms with Gasteiger partial charge in [-0.1, -0.05) is 42.0 Å². The predicted molar refractivity (Wildman–Crippen MR) is 68.9 cm³/mol. The van der Waals surface area contributed by atoms with E-state index in [1.54, 1.807) is 6.07 Å². The molecule has 1 atom stereocenters. The molecule has 2 aromatic rings. The molecule has 0 fully saturated rings. The molecular formula is C16H15FO. The summed E-state index contributed by atoms with van der Waals surface area (Å²) >= 11 is 0. The number of hydrogen-bond donors (Lipinski definition) is 1. The first-order chi connectivity index (χ1) is 8.61. The number of benzene rings is 2. The fourth-order valence-corrected chi connectivity index (χ4v) is 2.84. The van der Waals surface area contributed by atoms with Crippen LogP contribution in [-0.2, 0) is 12.0 Å². The van der Waals surface area contributed by atoms with Gasteiger partial charge in [-0.2, -0.15) is 0 Å². The van der Waals surface area contributed by atoms with Crippen molar-refractivity contribution in [2.75, 3.05) is 0 Å². The highest BCUT2D eigenvalue weighted by Gasteiger charge is 2.39. The van der Waals surface area contributed by atoms with Crippen LogP contribution in [0.2, 0.25) is 0 Å². The molecular weight excluding hydrogens is 227 g/mol. The Kier molecular flexibility index (Phi) is 2.49. The molecule has 0 bridgehead atoms. The highest BCUT2D eigenvalue weighted by Crippen LogP contribution is 2.42. The van der Waals surface area contributed by atoms with E-state index in [0.717, 1.165) is 11.1 Å². The van der Waals surface area contributed by atoms with E-state index in [-0.39, 0.29) is 5.82 Å². The molecule has 2 heteroatoms. The minimum Gasteiger partial charge on any atom is -0.380 e. The zero-order valence-electron chi connectivity index (χ0n) is 10.3. The summed E-state index contributed by atoms with van der Waals surface area (Å²) in [5.41, 5.74) is 2.29. The van der Waals surface area contributed by atoms with E-state index < -0.39 is 5.60 Å². The van der Waals surface area contributed by atoms with Gasteiger partial charge < -0.3 is 5.11 Å². The zero-order chi connectivity index (χ0) is 12.8. The summed E-state index contributed by atoms with van der Waals surface area (Å²) in [6, 6.07) is 12.8. The number of aliphatic hydroxyl groups is 1. The van der Waals surface area contributed by atoms with Crippen LogP contribution in [0.1, 0.15) is 28.7 Å². The van der Waals surface area contributed by atoms with Crippen LogP contribution in [0.3, 0.4) is 0 Å². The SMILES string of the molecule is Cc1cccc(C2(O)CCc3c(F)cccc32)c1. The van der Waals surface area contributed by atoms with Gasteiger partial charge in [0.1, 0.15) is 11.4 Å². The molecule has 0 aromatic heterocycles. The first-order valence-corrected chi connectivity index (χ1v) is 6.19. The molecule has 0 spiro atoms. The van der Waals surface area contributed by atoms with Gasteiger partial charge in [0.25, 0.3) is 0 Å². The summed E-state index contributed by atoms with van der Waals surface area (Å²) in [6.07, 6.45) is 1.14. The number of halogens is 1. The number of aryl methyl sites for hydroxylation is 1. The minimum atomic E-state index is -1.04. The first kappa shape index (κ1) is 11.4. The number of hydrogen-bond acceptors (Lipinski definition) is 1. The quantitative estimate of drug-likeness (QED) is 0.813. The highest BCUT2D eigenvalue weighted by atomic mass is 19.1. The second-order valence-corrected chi connectivity index (χ2v) is 5.00. The Morgan fingerprint density at radius 2 is 1.94 bits per heavy atom. The molecule has 1 N–H and O–H groups in total.